The van der Waals surface area contributed by atoms with Crippen molar-refractivity contribution in [3.8, 4) is 0 Å². The number of fused-ring (bicyclic) bond motifs is 6. The lowest BCUT2D eigenvalue weighted by Crippen LogP contribution is -2.49. The van der Waals surface area contributed by atoms with Crippen molar-refractivity contribution >= 4 is 54.3 Å². The van der Waals surface area contributed by atoms with Crippen molar-refractivity contribution in [2.24, 2.45) is 0 Å². The van der Waals surface area contributed by atoms with Crippen LogP contribution < -0.4 is 10.5 Å². The number of methoxy groups -OCH3 is 1. The van der Waals surface area contributed by atoms with Crippen LogP contribution in [-0.2, 0) is 11.2 Å². The van der Waals surface area contributed by atoms with Crippen LogP contribution in [0.15, 0.2) is 65.6 Å². The monoisotopic (exact) mass is 532 g/mol. The Morgan fingerprint density at radius 3 is 2.74 bits per heavy atom. The molecule has 1 unspecified atom stereocenters. The molecule has 8 nitrogen and oxygen atoms in total. The molecule has 194 valence electrons. The Labute approximate surface area is 220 Å². The Hall–Kier alpha value is -4.02. The molecule has 1 amide bonds. The number of ether oxygens (including phenoxy) is 1. The minimum absolute atomic E-state index is 0.240. The highest BCUT2D eigenvalue weighted by atomic mass is 32.1. The molecule has 10 heteroatoms. The number of rotatable bonds is 5. The number of nitrogens with zero attached hydrogens (tertiary/aromatic N) is 3. The first-order valence-electron chi connectivity index (χ1n) is 12.2. The SMILES string of the molecule is CO[C@@H]1CN(C(=O)O)C(Cc2ccccc2)[C@H]1N(C)c1nc2c3ccc(F)cc3c3c(=O)[nH]ccc3c2s1. The van der Waals surface area contributed by atoms with Crippen LogP contribution in [0.2, 0.25) is 0 Å². The number of hydrogen-bond acceptors (Lipinski definition) is 6. The number of pyridine rings is 1. The average Bonchev–Trinajstić information content (AvgIpc) is 3.51. The highest BCUT2D eigenvalue weighted by molar-refractivity contribution is 7.23. The highest BCUT2D eigenvalue weighted by Crippen LogP contribution is 2.41. The number of aromatic nitrogens is 2. The molecule has 2 N–H and O–H groups in total. The van der Waals surface area contributed by atoms with Gasteiger partial charge in [-0.05, 0) is 36.2 Å². The molecule has 3 heterocycles. The number of H-pyrrole nitrogens is 1. The van der Waals surface area contributed by atoms with Crippen LogP contribution in [0.25, 0.3) is 31.8 Å². The third-order valence-electron chi connectivity index (χ3n) is 7.46. The zero-order valence-electron chi connectivity index (χ0n) is 20.7. The number of likely N-dealkylation sites (N-methyl/N-ethyl adjacent to an activating group) is 1. The molecule has 38 heavy (non-hydrogen) atoms. The minimum Gasteiger partial charge on any atom is -0.465 e. The quantitative estimate of drug-likeness (QED) is 0.314. The summed E-state index contributed by atoms with van der Waals surface area (Å²) < 4.78 is 20.9. The molecule has 1 aliphatic heterocycles. The lowest BCUT2D eigenvalue weighted by atomic mass is 9.98. The zero-order valence-corrected chi connectivity index (χ0v) is 21.5. The summed E-state index contributed by atoms with van der Waals surface area (Å²) in [6, 6.07) is 15.3. The number of hydrogen-bond donors (Lipinski definition) is 2. The molecule has 6 rings (SSSR count). The Morgan fingerprint density at radius 1 is 1.21 bits per heavy atom. The predicted molar refractivity (Wildman–Crippen MR) is 147 cm³/mol. The van der Waals surface area contributed by atoms with Crippen LogP contribution in [-0.4, -0.2) is 65.0 Å². The summed E-state index contributed by atoms with van der Waals surface area (Å²) in [7, 11) is 3.49. The Morgan fingerprint density at radius 2 is 2.00 bits per heavy atom. The summed E-state index contributed by atoms with van der Waals surface area (Å²) in [5, 5.41) is 13.0. The minimum atomic E-state index is -0.994. The molecule has 3 atom stereocenters. The smallest absolute Gasteiger partial charge is 0.407 e. The van der Waals surface area contributed by atoms with Gasteiger partial charge in [0.1, 0.15) is 5.82 Å². The summed E-state index contributed by atoms with van der Waals surface area (Å²) in [4.78, 5) is 36.2. The van der Waals surface area contributed by atoms with Gasteiger partial charge >= 0.3 is 6.09 Å². The predicted octanol–water partition coefficient (Wildman–Crippen LogP) is 4.85. The van der Waals surface area contributed by atoms with E-state index in [1.54, 1.807) is 19.4 Å². The zero-order chi connectivity index (χ0) is 26.6. The van der Waals surface area contributed by atoms with Gasteiger partial charge in [0.15, 0.2) is 5.13 Å². The molecule has 1 saturated heterocycles. The van der Waals surface area contributed by atoms with Crippen molar-refractivity contribution in [1.29, 1.82) is 0 Å². The van der Waals surface area contributed by atoms with Gasteiger partial charge in [-0.1, -0.05) is 41.7 Å². The Bertz CT molecular complexity index is 1740. The Balaban J connectivity index is 1.51. The summed E-state index contributed by atoms with van der Waals surface area (Å²) in [5.41, 5.74) is 1.41. The van der Waals surface area contributed by atoms with E-state index in [0.29, 0.717) is 38.6 Å². The molecule has 5 aromatic rings. The third-order valence-corrected chi connectivity index (χ3v) is 8.64. The van der Waals surface area contributed by atoms with Crippen LogP contribution in [0.1, 0.15) is 5.56 Å². The van der Waals surface area contributed by atoms with Crippen molar-refractivity contribution in [3.63, 3.8) is 0 Å². The molecule has 0 radical (unpaired) electrons. The van der Waals surface area contributed by atoms with Gasteiger partial charge in [0, 0.05) is 36.5 Å². The maximum absolute atomic E-state index is 14.2. The van der Waals surface area contributed by atoms with Gasteiger partial charge in [-0.15, -0.1) is 0 Å². The summed E-state index contributed by atoms with van der Waals surface area (Å²) in [6.45, 7) is 0.240. The normalized spacial score (nSPS) is 19.6. The molecule has 0 saturated carbocycles. The van der Waals surface area contributed by atoms with Gasteiger partial charge in [0.05, 0.1) is 40.3 Å². The van der Waals surface area contributed by atoms with E-state index >= 15 is 0 Å². The fraction of sp³-hybridized carbons (Fsp3) is 0.250. The number of likely N-dealkylation sites (tertiary alicyclic amines) is 1. The van der Waals surface area contributed by atoms with E-state index in [2.05, 4.69) is 4.98 Å². The number of carboxylic acid groups (broad SMARTS) is 1. The maximum atomic E-state index is 14.2. The van der Waals surface area contributed by atoms with Crippen molar-refractivity contribution in [1.82, 2.24) is 14.9 Å². The van der Waals surface area contributed by atoms with E-state index < -0.39 is 11.9 Å². The lowest BCUT2D eigenvalue weighted by molar-refractivity contribution is 0.0945. The number of amides is 1. The molecule has 2 aromatic heterocycles. The Kier molecular flexibility index (Phi) is 6.00. The van der Waals surface area contributed by atoms with E-state index in [4.69, 9.17) is 9.72 Å². The van der Waals surface area contributed by atoms with Gasteiger partial charge in [-0.2, -0.15) is 0 Å². The van der Waals surface area contributed by atoms with Crippen molar-refractivity contribution in [2.45, 2.75) is 24.6 Å². The fourth-order valence-corrected chi connectivity index (χ4v) is 6.83. The van der Waals surface area contributed by atoms with E-state index in [1.807, 2.05) is 48.3 Å². The van der Waals surface area contributed by atoms with Crippen LogP contribution in [0.4, 0.5) is 14.3 Å². The van der Waals surface area contributed by atoms with Gasteiger partial charge < -0.3 is 24.6 Å². The number of nitrogens with one attached hydrogen (secondary N) is 1. The van der Waals surface area contributed by atoms with E-state index in [0.717, 1.165) is 10.3 Å². The second-order valence-electron chi connectivity index (χ2n) is 9.53. The fourth-order valence-electron chi connectivity index (χ4n) is 5.71. The molecule has 1 fully saturated rings. The van der Waals surface area contributed by atoms with Crippen LogP contribution in [0.3, 0.4) is 0 Å². The number of anilines is 1. The van der Waals surface area contributed by atoms with Crippen molar-refractivity contribution < 1.29 is 19.0 Å². The first-order chi connectivity index (χ1) is 18.4. The lowest BCUT2D eigenvalue weighted by Gasteiger charge is -2.33. The van der Waals surface area contributed by atoms with Gasteiger partial charge in [-0.3, -0.25) is 4.79 Å². The summed E-state index contributed by atoms with van der Waals surface area (Å²) in [5.74, 6) is -0.430. The first kappa shape index (κ1) is 24.3. The van der Waals surface area contributed by atoms with Crippen LogP contribution in [0, 0.1) is 5.82 Å². The third kappa shape index (κ3) is 3.88. The molecule has 0 bridgehead atoms. The topological polar surface area (TPSA) is 98.8 Å². The first-order valence-corrected chi connectivity index (χ1v) is 13.0. The van der Waals surface area contributed by atoms with E-state index in [-0.39, 0.29) is 30.3 Å². The number of halogens is 1. The van der Waals surface area contributed by atoms with Crippen LogP contribution >= 0.6 is 11.3 Å². The average molecular weight is 533 g/mol. The maximum Gasteiger partial charge on any atom is 0.407 e. The number of benzene rings is 3. The standard InChI is InChI=1S/C28H25FN4O4S/c1-32(24-20(12-15-6-4-3-5-7-15)33(28(35)36)14-21(24)37-2)27-31-23-17-9-8-16(29)13-19(17)22-18(25(23)38-27)10-11-30-26(22)34/h3-11,13,20-21,24H,12,14H2,1-2H3,(H,30,34)(H,35,36)/t20?,21-,24-/m1/s1. The molecular formula is C28H25FN4O4S. The van der Waals surface area contributed by atoms with Gasteiger partial charge in [-0.25, -0.2) is 14.2 Å². The second kappa shape index (κ2) is 9.38. The van der Waals surface area contributed by atoms with E-state index in [1.165, 1.54) is 28.4 Å². The number of thiazole rings is 1. The largest absolute Gasteiger partial charge is 0.465 e. The second-order valence-corrected chi connectivity index (χ2v) is 10.5. The molecular weight excluding hydrogens is 507 g/mol. The highest BCUT2D eigenvalue weighted by Gasteiger charge is 2.47. The molecule has 1 aliphatic rings. The molecule has 0 aliphatic carbocycles. The van der Waals surface area contributed by atoms with Gasteiger partial charge in [0.25, 0.3) is 5.56 Å². The summed E-state index contributed by atoms with van der Waals surface area (Å²) in [6.07, 6.45) is 0.735. The number of aromatic amines is 1. The number of carbonyl (C=O) groups is 1. The van der Waals surface area contributed by atoms with Crippen LogP contribution in [0.5, 0.6) is 0 Å². The molecule has 0 spiro atoms. The van der Waals surface area contributed by atoms with Crippen molar-refractivity contribution in [3.05, 3.63) is 82.5 Å². The molecule has 3 aromatic carbocycles. The summed E-state index contributed by atoms with van der Waals surface area (Å²) >= 11 is 1.43. The van der Waals surface area contributed by atoms with E-state index in [9.17, 15) is 19.1 Å². The van der Waals surface area contributed by atoms with Crippen molar-refractivity contribution in [2.75, 3.05) is 25.6 Å². The van der Waals surface area contributed by atoms with Gasteiger partial charge in [0.2, 0.25) is 0 Å².